The highest BCUT2D eigenvalue weighted by Gasteiger charge is 2.23. The predicted molar refractivity (Wildman–Crippen MR) is 81.6 cm³/mol. The first kappa shape index (κ1) is 13.0. The number of hydrogen-bond donors (Lipinski definition) is 1. The Morgan fingerprint density at radius 1 is 1.21 bits per heavy atom. The number of para-hydroxylation sites is 1. The molecule has 1 aromatic carbocycles. The molecular formula is C17H26N2. The molecule has 2 atom stereocenters. The molecule has 1 N–H and O–H groups in total. The van der Waals surface area contributed by atoms with Crippen LogP contribution in [0.15, 0.2) is 24.3 Å². The lowest BCUT2D eigenvalue weighted by molar-refractivity contribution is 0.182. The molecule has 2 nitrogen and oxygen atoms in total. The number of fused-ring (bicyclic) bond motifs is 1. The molecule has 0 radical (unpaired) electrons. The number of hydrogen-bond acceptors (Lipinski definition) is 2. The Labute approximate surface area is 117 Å². The standard InChI is InChI=1S/C17H26N2/c1-14-7-3-2-6-10-19(14)13-15-11-16-8-4-5-9-17(16)18-12-15/h4-5,8-9,14-15,18H,2-3,6-7,10-13H2,1H3. The van der Waals surface area contributed by atoms with E-state index in [4.69, 9.17) is 0 Å². The molecular weight excluding hydrogens is 232 g/mol. The minimum Gasteiger partial charge on any atom is -0.384 e. The zero-order chi connectivity index (χ0) is 13.1. The number of nitrogens with zero attached hydrogens (tertiary/aromatic N) is 1. The first-order chi connectivity index (χ1) is 9.33. The summed E-state index contributed by atoms with van der Waals surface area (Å²) in [6.07, 6.45) is 6.86. The van der Waals surface area contributed by atoms with Crippen LogP contribution in [0.2, 0.25) is 0 Å². The van der Waals surface area contributed by atoms with E-state index in [1.54, 1.807) is 0 Å². The van der Waals surface area contributed by atoms with Crippen LogP contribution in [0.5, 0.6) is 0 Å². The SMILES string of the molecule is CC1CCCCCN1CC1CNc2ccccc2C1. The summed E-state index contributed by atoms with van der Waals surface area (Å²) in [7, 11) is 0. The summed E-state index contributed by atoms with van der Waals surface area (Å²) in [6.45, 7) is 6.12. The number of nitrogens with one attached hydrogen (secondary N) is 1. The Hall–Kier alpha value is -1.02. The zero-order valence-corrected chi connectivity index (χ0v) is 12.1. The van der Waals surface area contributed by atoms with Crippen molar-refractivity contribution >= 4 is 5.69 Å². The van der Waals surface area contributed by atoms with Gasteiger partial charge in [0.1, 0.15) is 0 Å². The van der Waals surface area contributed by atoms with E-state index in [9.17, 15) is 0 Å². The lowest BCUT2D eigenvalue weighted by Crippen LogP contribution is -2.40. The van der Waals surface area contributed by atoms with Gasteiger partial charge in [-0.1, -0.05) is 31.0 Å². The van der Waals surface area contributed by atoms with Crippen molar-refractivity contribution in [3.63, 3.8) is 0 Å². The number of anilines is 1. The monoisotopic (exact) mass is 258 g/mol. The Balaban J connectivity index is 1.62. The van der Waals surface area contributed by atoms with Crippen LogP contribution in [0.4, 0.5) is 5.69 Å². The molecule has 0 spiro atoms. The van der Waals surface area contributed by atoms with Crippen LogP contribution in [-0.2, 0) is 6.42 Å². The number of rotatable bonds is 2. The topological polar surface area (TPSA) is 15.3 Å². The smallest absolute Gasteiger partial charge is 0.0372 e. The van der Waals surface area contributed by atoms with Crippen molar-refractivity contribution in [2.75, 3.05) is 25.0 Å². The molecule has 0 aliphatic carbocycles. The van der Waals surface area contributed by atoms with Gasteiger partial charge in [-0.2, -0.15) is 0 Å². The van der Waals surface area contributed by atoms with Gasteiger partial charge in [0.25, 0.3) is 0 Å². The summed E-state index contributed by atoms with van der Waals surface area (Å²) < 4.78 is 0. The van der Waals surface area contributed by atoms with Crippen LogP contribution in [0.1, 0.15) is 38.2 Å². The van der Waals surface area contributed by atoms with E-state index in [-0.39, 0.29) is 0 Å². The quantitative estimate of drug-likeness (QED) is 0.873. The molecule has 2 heterocycles. The van der Waals surface area contributed by atoms with Gasteiger partial charge in [0.05, 0.1) is 0 Å². The summed E-state index contributed by atoms with van der Waals surface area (Å²) in [5, 5.41) is 3.61. The first-order valence-corrected chi connectivity index (χ1v) is 7.89. The second kappa shape index (κ2) is 5.96. The fourth-order valence-electron chi connectivity index (χ4n) is 3.57. The fraction of sp³-hybridized carbons (Fsp3) is 0.647. The fourth-order valence-corrected chi connectivity index (χ4v) is 3.57. The third kappa shape index (κ3) is 3.11. The maximum Gasteiger partial charge on any atom is 0.0372 e. The normalized spacial score (nSPS) is 28.3. The third-order valence-corrected chi connectivity index (χ3v) is 4.79. The van der Waals surface area contributed by atoms with Crippen molar-refractivity contribution in [3.8, 4) is 0 Å². The molecule has 2 heteroatoms. The molecule has 0 amide bonds. The molecule has 1 saturated heterocycles. The minimum absolute atomic E-state index is 0.774. The van der Waals surface area contributed by atoms with Crippen LogP contribution in [0.3, 0.4) is 0 Å². The predicted octanol–water partition coefficient (Wildman–Crippen LogP) is 3.54. The lowest BCUT2D eigenvalue weighted by atomic mass is 9.93. The van der Waals surface area contributed by atoms with Gasteiger partial charge < -0.3 is 10.2 Å². The van der Waals surface area contributed by atoms with Crippen molar-refractivity contribution in [3.05, 3.63) is 29.8 Å². The molecule has 0 bridgehead atoms. The lowest BCUT2D eigenvalue weighted by Gasteiger charge is -2.34. The van der Waals surface area contributed by atoms with E-state index in [2.05, 4.69) is 41.4 Å². The Morgan fingerprint density at radius 2 is 2.11 bits per heavy atom. The number of likely N-dealkylation sites (tertiary alicyclic amines) is 1. The van der Waals surface area contributed by atoms with Crippen molar-refractivity contribution in [1.29, 1.82) is 0 Å². The zero-order valence-electron chi connectivity index (χ0n) is 12.1. The minimum atomic E-state index is 0.774. The van der Waals surface area contributed by atoms with Gasteiger partial charge in [0.2, 0.25) is 0 Å². The summed E-state index contributed by atoms with van der Waals surface area (Å²) in [5.74, 6) is 0.774. The Kier molecular flexibility index (Phi) is 4.07. The van der Waals surface area contributed by atoms with E-state index in [0.29, 0.717) is 0 Å². The Bertz CT molecular complexity index is 415. The molecule has 19 heavy (non-hydrogen) atoms. The molecule has 104 valence electrons. The van der Waals surface area contributed by atoms with Gasteiger partial charge in [-0.3, -0.25) is 0 Å². The van der Waals surface area contributed by atoms with Crippen LogP contribution >= 0.6 is 0 Å². The highest BCUT2D eigenvalue weighted by atomic mass is 15.2. The Morgan fingerprint density at radius 3 is 3.05 bits per heavy atom. The average Bonchev–Trinajstić information content (AvgIpc) is 2.64. The van der Waals surface area contributed by atoms with E-state index in [1.807, 2.05) is 0 Å². The number of benzene rings is 1. The summed E-state index contributed by atoms with van der Waals surface area (Å²) in [4.78, 5) is 2.73. The van der Waals surface area contributed by atoms with Gasteiger partial charge in [0, 0.05) is 24.8 Å². The van der Waals surface area contributed by atoms with Crippen molar-refractivity contribution in [1.82, 2.24) is 4.90 Å². The maximum atomic E-state index is 3.61. The van der Waals surface area contributed by atoms with E-state index < -0.39 is 0 Å². The molecule has 1 aromatic rings. The van der Waals surface area contributed by atoms with Crippen LogP contribution in [-0.4, -0.2) is 30.6 Å². The van der Waals surface area contributed by atoms with Crippen LogP contribution in [0.25, 0.3) is 0 Å². The van der Waals surface area contributed by atoms with Gasteiger partial charge in [0.15, 0.2) is 0 Å². The summed E-state index contributed by atoms with van der Waals surface area (Å²) in [6, 6.07) is 9.56. The van der Waals surface area contributed by atoms with E-state index >= 15 is 0 Å². The van der Waals surface area contributed by atoms with Crippen LogP contribution < -0.4 is 5.32 Å². The highest BCUT2D eigenvalue weighted by molar-refractivity contribution is 5.53. The van der Waals surface area contributed by atoms with Crippen molar-refractivity contribution in [2.45, 2.75) is 45.1 Å². The molecule has 3 rings (SSSR count). The van der Waals surface area contributed by atoms with Gasteiger partial charge in [-0.05, 0) is 50.3 Å². The largest absolute Gasteiger partial charge is 0.384 e. The molecule has 0 aromatic heterocycles. The van der Waals surface area contributed by atoms with Crippen molar-refractivity contribution in [2.24, 2.45) is 5.92 Å². The molecule has 1 fully saturated rings. The third-order valence-electron chi connectivity index (χ3n) is 4.79. The van der Waals surface area contributed by atoms with Gasteiger partial charge >= 0.3 is 0 Å². The molecule has 2 aliphatic heterocycles. The van der Waals surface area contributed by atoms with E-state index in [1.165, 1.54) is 56.4 Å². The van der Waals surface area contributed by atoms with Gasteiger partial charge in [-0.25, -0.2) is 0 Å². The van der Waals surface area contributed by atoms with Crippen molar-refractivity contribution < 1.29 is 0 Å². The molecule has 2 unspecified atom stereocenters. The molecule has 2 aliphatic rings. The second-order valence-corrected chi connectivity index (χ2v) is 6.30. The van der Waals surface area contributed by atoms with Crippen LogP contribution in [0, 0.1) is 5.92 Å². The molecule has 0 saturated carbocycles. The first-order valence-electron chi connectivity index (χ1n) is 7.89. The van der Waals surface area contributed by atoms with E-state index in [0.717, 1.165) is 18.5 Å². The summed E-state index contributed by atoms with van der Waals surface area (Å²) >= 11 is 0. The summed E-state index contributed by atoms with van der Waals surface area (Å²) in [5.41, 5.74) is 2.85. The second-order valence-electron chi connectivity index (χ2n) is 6.30. The van der Waals surface area contributed by atoms with Gasteiger partial charge in [-0.15, -0.1) is 0 Å². The highest BCUT2D eigenvalue weighted by Crippen LogP contribution is 2.26. The maximum absolute atomic E-state index is 3.61. The average molecular weight is 258 g/mol.